The molecule has 1 saturated carbocycles. The van der Waals surface area contributed by atoms with Crippen LogP contribution in [0.2, 0.25) is 0 Å². The van der Waals surface area contributed by atoms with E-state index in [4.69, 9.17) is 9.05 Å². The van der Waals surface area contributed by atoms with E-state index < -0.39 is 0 Å². The highest BCUT2D eigenvalue weighted by Crippen LogP contribution is 2.38. The van der Waals surface area contributed by atoms with Crippen LogP contribution in [0.4, 0.5) is 0 Å². The first-order valence-corrected chi connectivity index (χ1v) is 5.48. The predicted octanol–water partition coefficient (Wildman–Crippen LogP) is 2.14. The van der Waals surface area contributed by atoms with Crippen LogP contribution in [0, 0.1) is 13.8 Å². The van der Waals surface area contributed by atoms with E-state index in [-0.39, 0.29) is 0 Å². The van der Waals surface area contributed by atoms with Gasteiger partial charge in [0, 0.05) is 11.5 Å². The number of aryl methyl sites for hydroxylation is 2. The van der Waals surface area contributed by atoms with E-state index >= 15 is 0 Å². The minimum Gasteiger partial charge on any atom is -0.361 e. The van der Waals surface area contributed by atoms with E-state index in [0.29, 0.717) is 18.2 Å². The Morgan fingerprint density at radius 3 is 2.62 bits per heavy atom. The lowest BCUT2D eigenvalue weighted by Gasteiger charge is -1.92. The van der Waals surface area contributed by atoms with E-state index in [0.717, 1.165) is 22.8 Å². The molecule has 5 heteroatoms. The Labute approximate surface area is 92.8 Å². The van der Waals surface area contributed by atoms with Gasteiger partial charge >= 0.3 is 0 Å². The summed E-state index contributed by atoms with van der Waals surface area (Å²) >= 11 is 0. The fourth-order valence-corrected chi connectivity index (χ4v) is 1.75. The zero-order valence-electron chi connectivity index (χ0n) is 9.36. The maximum Gasteiger partial charge on any atom is 0.231 e. The van der Waals surface area contributed by atoms with Crippen molar-refractivity contribution < 1.29 is 9.05 Å². The van der Waals surface area contributed by atoms with Crippen molar-refractivity contribution in [2.45, 2.75) is 39.0 Å². The molecule has 0 aliphatic heterocycles. The average Bonchev–Trinajstić information content (AvgIpc) is 2.95. The maximum atomic E-state index is 5.22. The minimum absolute atomic E-state index is 0.530. The van der Waals surface area contributed by atoms with Crippen LogP contribution in [0.3, 0.4) is 0 Å². The van der Waals surface area contributed by atoms with E-state index in [1.165, 1.54) is 12.8 Å². The zero-order chi connectivity index (χ0) is 11.1. The molecule has 2 heterocycles. The Bertz CT molecular complexity index is 492. The number of nitrogens with zero attached hydrogens (tertiary/aromatic N) is 3. The molecule has 84 valence electrons. The molecular weight excluding hydrogens is 206 g/mol. The van der Waals surface area contributed by atoms with Gasteiger partial charge < -0.3 is 9.05 Å². The van der Waals surface area contributed by atoms with Crippen molar-refractivity contribution in [3.8, 4) is 0 Å². The molecule has 16 heavy (non-hydrogen) atoms. The molecule has 0 aromatic carbocycles. The summed E-state index contributed by atoms with van der Waals surface area (Å²) in [6.07, 6.45) is 2.98. The van der Waals surface area contributed by atoms with Crippen LogP contribution in [-0.4, -0.2) is 15.3 Å². The summed E-state index contributed by atoms with van der Waals surface area (Å²) in [5.41, 5.74) is 1.94. The van der Waals surface area contributed by atoms with E-state index in [9.17, 15) is 0 Å². The molecule has 2 aromatic rings. The van der Waals surface area contributed by atoms with Gasteiger partial charge in [-0.3, -0.25) is 0 Å². The van der Waals surface area contributed by atoms with Gasteiger partial charge in [-0.1, -0.05) is 10.3 Å². The standard InChI is InChI=1S/C11H13N3O2/c1-6-9(7(2)15-13-6)5-10-12-11(14-16-10)8-3-4-8/h8H,3-5H2,1-2H3. The highest BCUT2D eigenvalue weighted by molar-refractivity contribution is 5.24. The summed E-state index contributed by atoms with van der Waals surface area (Å²) in [7, 11) is 0. The molecule has 0 N–H and O–H groups in total. The molecule has 3 rings (SSSR count). The normalized spacial score (nSPS) is 15.6. The smallest absolute Gasteiger partial charge is 0.231 e. The molecule has 0 amide bonds. The van der Waals surface area contributed by atoms with Crippen LogP contribution in [0.1, 0.15) is 47.5 Å². The van der Waals surface area contributed by atoms with Crippen LogP contribution in [0.25, 0.3) is 0 Å². The highest BCUT2D eigenvalue weighted by atomic mass is 16.5. The fraction of sp³-hybridized carbons (Fsp3) is 0.545. The van der Waals surface area contributed by atoms with Crippen molar-refractivity contribution in [3.05, 3.63) is 28.7 Å². The van der Waals surface area contributed by atoms with Gasteiger partial charge in [-0.15, -0.1) is 0 Å². The van der Waals surface area contributed by atoms with Crippen LogP contribution < -0.4 is 0 Å². The van der Waals surface area contributed by atoms with Crippen LogP contribution >= 0.6 is 0 Å². The third-order valence-corrected chi connectivity index (χ3v) is 2.94. The van der Waals surface area contributed by atoms with Crippen LogP contribution in [-0.2, 0) is 6.42 Å². The Morgan fingerprint density at radius 1 is 1.19 bits per heavy atom. The lowest BCUT2D eigenvalue weighted by atomic mass is 10.1. The van der Waals surface area contributed by atoms with Gasteiger partial charge in [0.25, 0.3) is 0 Å². The van der Waals surface area contributed by atoms with Gasteiger partial charge in [0.1, 0.15) is 5.76 Å². The molecule has 0 unspecified atom stereocenters. The lowest BCUT2D eigenvalue weighted by Crippen LogP contribution is -1.92. The molecule has 0 atom stereocenters. The van der Waals surface area contributed by atoms with Crippen molar-refractivity contribution in [1.82, 2.24) is 15.3 Å². The summed E-state index contributed by atoms with van der Waals surface area (Å²) in [6.45, 7) is 3.82. The van der Waals surface area contributed by atoms with Crippen molar-refractivity contribution in [3.63, 3.8) is 0 Å². The quantitative estimate of drug-likeness (QED) is 0.791. The van der Waals surface area contributed by atoms with Crippen LogP contribution in [0.15, 0.2) is 9.05 Å². The number of aromatic nitrogens is 3. The van der Waals surface area contributed by atoms with Crippen LogP contribution in [0.5, 0.6) is 0 Å². The second-order valence-corrected chi connectivity index (χ2v) is 4.30. The molecule has 1 fully saturated rings. The largest absolute Gasteiger partial charge is 0.361 e. The Hall–Kier alpha value is -1.65. The third-order valence-electron chi connectivity index (χ3n) is 2.94. The zero-order valence-corrected chi connectivity index (χ0v) is 9.36. The van der Waals surface area contributed by atoms with E-state index in [1.54, 1.807) is 0 Å². The molecule has 2 aromatic heterocycles. The minimum atomic E-state index is 0.530. The maximum absolute atomic E-state index is 5.22. The molecule has 0 spiro atoms. The second kappa shape index (κ2) is 3.43. The lowest BCUT2D eigenvalue weighted by molar-refractivity contribution is 0.376. The molecule has 5 nitrogen and oxygen atoms in total. The summed E-state index contributed by atoms with van der Waals surface area (Å²) in [4.78, 5) is 4.38. The van der Waals surface area contributed by atoms with Crippen molar-refractivity contribution in [1.29, 1.82) is 0 Å². The first-order chi connectivity index (χ1) is 7.74. The first kappa shape index (κ1) is 9.57. The number of rotatable bonds is 3. The van der Waals surface area contributed by atoms with Gasteiger partial charge in [-0.05, 0) is 26.7 Å². The second-order valence-electron chi connectivity index (χ2n) is 4.30. The third kappa shape index (κ3) is 1.62. The van der Waals surface area contributed by atoms with E-state index in [1.807, 2.05) is 13.8 Å². The van der Waals surface area contributed by atoms with Gasteiger partial charge in [0.2, 0.25) is 5.89 Å². The van der Waals surface area contributed by atoms with Gasteiger partial charge in [0.05, 0.1) is 12.1 Å². The van der Waals surface area contributed by atoms with E-state index in [2.05, 4.69) is 15.3 Å². The molecule has 0 radical (unpaired) electrons. The Balaban J connectivity index is 1.82. The molecule has 1 aliphatic rings. The Kier molecular flexibility index (Phi) is 2.05. The molecular formula is C11H13N3O2. The fourth-order valence-electron chi connectivity index (χ4n) is 1.75. The first-order valence-electron chi connectivity index (χ1n) is 5.48. The van der Waals surface area contributed by atoms with Crippen molar-refractivity contribution >= 4 is 0 Å². The van der Waals surface area contributed by atoms with Gasteiger partial charge in [-0.2, -0.15) is 4.98 Å². The predicted molar refractivity (Wildman–Crippen MR) is 55.1 cm³/mol. The average molecular weight is 219 g/mol. The summed E-state index contributed by atoms with van der Waals surface area (Å²) in [5, 5.41) is 7.88. The molecule has 0 bridgehead atoms. The topological polar surface area (TPSA) is 65.0 Å². The summed E-state index contributed by atoms with van der Waals surface area (Å²) in [6, 6.07) is 0. The monoisotopic (exact) mass is 219 g/mol. The van der Waals surface area contributed by atoms with Crippen molar-refractivity contribution in [2.75, 3.05) is 0 Å². The Morgan fingerprint density at radius 2 is 2.00 bits per heavy atom. The van der Waals surface area contributed by atoms with Gasteiger partial charge in [-0.25, -0.2) is 0 Å². The SMILES string of the molecule is Cc1noc(C)c1Cc1nc(C2CC2)no1. The highest BCUT2D eigenvalue weighted by Gasteiger charge is 2.29. The summed E-state index contributed by atoms with van der Waals surface area (Å²) < 4.78 is 10.3. The number of hydrogen-bond donors (Lipinski definition) is 0. The molecule has 0 saturated heterocycles. The summed E-state index contributed by atoms with van der Waals surface area (Å²) in [5.74, 6) is 2.85. The van der Waals surface area contributed by atoms with Gasteiger partial charge in [0.15, 0.2) is 5.82 Å². The van der Waals surface area contributed by atoms with Crippen molar-refractivity contribution in [2.24, 2.45) is 0 Å². The molecule has 1 aliphatic carbocycles. The number of hydrogen-bond acceptors (Lipinski definition) is 5.